The topological polar surface area (TPSA) is 51.4 Å². The smallest absolute Gasteiger partial charge is 0.213 e. The Morgan fingerprint density at radius 1 is 1.20 bits per heavy atom. The summed E-state index contributed by atoms with van der Waals surface area (Å²) in [4.78, 5) is 6.77. The quantitative estimate of drug-likeness (QED) is 0.810. The zero-order valence-corrected chi connectivity index (χ0v) is 12.1. The monoisotopic (exact) mass is 275 g/mol. The zero-order chi connectivity index (χ0) is 14.0. The van der Waals surface area contributed by atoms with E-state index in [1.807, 2.05) is 24.4 Å². The number of rotatable bonds is 6. The maximum atomic E-state index is 5.59. The van der Waals surface area contributed by atoms with Crippen LogP contribution in [-0.4, -0.2) is 36.1 Å². The van der Waals surface area contributed by atoms with E-state index in [0.717, 1.165) is 6.54 Å². The summed E-state index contributed by atoms with van der Waals surface area (Å²) in [6.45, 7) is 4.48. The van der Waals surface area contributed by atoms with Crippen molar-refractivity contribution in [3.05, 3.63) is 36.0 Å². The molecule has 0 aliphatic carbocycles. The second kappa shape index (κ2) is 8.72. The highest BCUT2D eigenvalue weighted by atomic mass is 16.5. The lowest BCUT2D eigenvalue weighted by Crippen LogP contribution is -2.23. The van der Waals surface area contributed by atoms with E-state index in [1.165, 1.54) is 44.3 Å². The fourth-order valence-corrected chi connectivity index (χ4v) is 2.48. The van der Waals surface area contributed by atoms with Gasteiger partial charge in [-0.25, -0.2) is 4.98 Å². The molecule has 1 aliphatic heterocycles. The number of hydrogen-bond acceptors (Lipinski definition) is 4. The van der Waals surface area contributed by atoms with Crippen LogP contribution >= 0.6 is 0 Å². The fourth-order valence-electron chi connectivity index (χ4n) is 2.48. The summed E-state index contributed by atoms with van der Waals surface area (Å²) in [7, 11) is 0. The Bertz CT molecular complexity index is 412. The molecule has 0 spiro atoms. The normalized spacial score (nSPS) is 17.2. The van der Waals surface area contributed by atoms with Crippen molar-refractivity contribution >= 4 is 0 Å². The molecule has 0 radical (unpaired) electrons. The minimum atomic E-state index is 0.525. The third kappa shape index (κ3) is 5.31. The van der Waals surface area contributed by atoms with Gasteiger partial charge < -0.3 is 10.5 Å². The van der Waals surface area contributed by atoms with Crippen LogP contribution in [0.2, 0.25) is 0 Å². The third-order valence-corrected chi connectivity index (χ3v) is 3.53. The summed E-state index contributed by atoms with van der Waals surface area (Å²) in [6, 6.07) is 4.12. The Balaban J connectivity index is 1.86. The average Bonchev–Trinajstić information content (AvgIpc) is 2.73. The third-order valence-electron chi connectivity index (χ3n) is 3.53. The van der Waals surface area contributed by atoms with Crippen molar-refractivity contribution < 1.29 is 4.74 Å². The predicted molar refractivity (Wildman–Crippen MR) is 81.7 cm³/mol. The van der Waals surface area contributed by atoms with Crippen LogP contribution in [0.15, 0.2) is 30.5 Å². The van der Waals surface area contributed by atoms with E-state index >= 15 is 0 Å². The van der Waals surface area contributed by atoms with Crippen molar-refractivity contribution in [2.75, 3.05) is 26.2 Å². The van der Waals surface area contributed by atoms with Gasteiger partial charge in [-0.15, -0.1) is 0 Å². The van der Waals surface area contributed by atoms with Crippen LogP contribution in [0.25, 0.3) is 0 Å². The Hall–Kier alpha value is -1.39. The van der Waals surface area contributed by atoms with Crippen LogP contribution in [0.3, 0.4) is 0 Å². The molecule has 1 aliphatic rings. The van der Waals surface area contributed by atoms with Crippen LogP contribution in [0, 0.1) is 0 Å². The van der Waals surface area contributed by atoms with E-state index < -0.39 is 0 Å². The van der Waals surface area contributed by atoms with E-state index in [-0.39, 0.29) is 0 Å². The Kier molecular flexibility index (Phi) is 6.54. The number of nitrogens with two attached hydrogens (primary N) is 1. The molecule has 4 nitrogen and oxygen atoms in total. The molecule has 1 fully saturated rings. The standard InChI is InChI=1S/C16H25N3O/c17-8-3-6-12-20-16-13-15(7-9-18-16)14-19-10-4-1-2-5-11-19/h3,6-7,9,13H,1-2,4-5,8,10-12,14,17H2/b6-3+. The molecule has 110 valence electrons. The molecule has 1 aromatic heterocycles. The number of likely N-dealkylation sites (tertiary alicyclic amines) is 1. The lowest BCUT2D eigenvalue weighted by molar-refractivity contribution is 0.276. The molecule has 0 bridgehead atoms. The summed E-state index contributed by atoms with van der Waals surface area (Å²) in [5, 5.41) is 0. The van der Waals surface area contributed by atoms with E-state index in [4.69, 9.17) is 10.5 Å². The SMILES string of the molecule is NC/C=C/COc1cc(CN2CCCCCC2)ccn1. The number of nitrogens with zero attached hydrogens (tertiary/aromatic N) is 2. The molecule has 1 saturated heterocycles. The number of pyridine rings is 1. The molecule has 2 N–H and O–H groups in total. The van der Waals surface area contributed by atoms with Crippen molar-refractivity contribution in [3.63, 3.8) is 0 Å². The molecule has 0 atom stereocenters. The van der Waals surface area contributed by atoms with Crippen LogP contribution in [0.5, 0.6) is 5.88 Å². The molecule has 2 heterocycles. The lowest BCUT2D eigenvalue weighted by Gasteiger charge is -2.19. The highest BCUT2D eigenvalue weighted by Gasteiger charge is 2.09. The highest BCUT2D eigenvalue weighted by Crippen LogP contribution is 2.15. The fraction of sp³-hybridized carbons (Fsp3) is 0.562. The van der Waals surface area contributed by atoms with E-state index in [9.17, 15) is 0 Å². The first kappa shape index (κ1) is 15.0. The van der Waals surface area contributed by atoms with E-state index in [0.29, 0.717) is 19.0 Å². The van der Waals surface area contributed by atoms with E-state index in [2.05, 4.69) is 16.0 Å². The van der Waals surface area contributed by atoms with Gasteiger partial charge in [-0.1, -0.05) is 25.0 Å². The van der Waals surface area contributed by atoms with E-state index in [1.54, 1.807) is 0 Å². The van der Waals surface area contributed by atoms with Crippen LogP contribution in [0.1, 0.15) is 31.2 Å². The van der Waals surface area contributed by atoms with Crippen molar-refractivity contribution in [2.24, 2.45) is 5.73 Å². The van der Waals surface area contributed by atoms with Crippen LogP contribution in [0.4, 0.5) is 0 Å². The molecule has 0 amide bonds. The average molecular weight is 275 g/mol. The van der Waals surface area contributed by atoms with Gasteiger partial charge in [0.25, 0.3) is 0 Å². The molecule has 20 heavy (non-hydrogen) atoms. The maximum Gasteiger partial charge on any atom is 0.213 e. The largest absolute Gasteiger partial charge is 0.473 e. The first-order valence-corrected chi connectivity index (χ1v) is 7.53. The van der Waals surface area contributed by atoms with Gasteiger partial charge in [0, 0.05) is 25.4 Å². The first-order chi connectivity index (χ1) is 9.88. The molecular weight excluding hydrogens is 250 g/mol. The Morgan fingerprint density at radius 2 is 2.00 bits per heavy atom. The molecule has 0 aromatic carbocycles. The van der Waals surface area contributed by atoms with Gasteiger partial charge in [0.2, 0.25) is 5.88 Å². The van der Waals surface area contributed by atoms with Crippen LogP contribution in [-0.2, 0) is 6.54 Å². The zero-order valence-electron chi connectivity index (χ0n) is 12.1. The van der Waals surface area contributed by atoms with Crippen molar-refractivity contribution in [3.8, 4) is 5.88 Å². The lowest BCUT2D eigenvalue weighted by atomic mass is 10.2. The molecule has 4 heteroatoms. The first-order valence-electron chi connectivity index (χ1n) is 7.53. The summed E-state index contributed by atoms with van der Waals surface area (Å²) >= 11 is 0. The molecule has 2 rings (SSSR count). The van der Waals surface area contributed by atoms with Gasteiger partial charge in [-0.05, 0) is 37.6 Å². The van der Waals surface area contributed by atoms with Gasteiger partial charge in [0.1, 0.15) is 6.61 Å². The minimum absolute atomic E-state index is 0.525. The summed E-state index contributed by atoms with van der Waals surface area (Å²) in [6.07, 6.45) is 11.0. The van der Waals surface area contributed by atoms with Gasteiger partial charge >= 0.3 is 0 Å². The van der Waals surface area contributed by atoms with Gasteiger partial charge in [0.05, 0.1) is 0 Å². The maximum absolute atomic E-state index is 5.59. The molecule has 0 unspecified atom stereocenters. The molecule has 0 saturated carbocycles. The summed E-state index contributed by atoms with van der Waals surface area (Å²) in [5.41, 5.74) is 6.66. The summed E-state index contributed by atoms with van der Waals surface area (Å²) in [5.74, 6) is 0.694. The van der Waals surface area contributed by atoms with Crippen LogP contribution < -0.4 is 10.5 Å². The van der Waals surface area contributed by atoms with Gasteiger partial charge in [-0.2, -0.15) is 0 Å². The second-order valence-corrected chi connectivity index (χ2v) is 5.21. The summed E-state index contributed by atoms with van der Waals surface area (Å²) < 4.78 is 5.59. The Morgan fingerprint density at radius 3 is 2.75 bits per heavy atom. The van der Waals surface area contributed by atoms with Crippen molar-refractivity contribution in [1.82, 2.24) is 9.88 Å². The molecular formula is C16H25N3O. The van der Waals surface area contributed by atoms with Crippen molar-refractivity contribution in [2.45, 2.75) is 32.2 Å². The Labute approximate surface area is 121 Å². The predicted octanol–water partition coefficient (Wildman–Crippen LogP) is 2.35. The van der Waals surface area contributed by atoms with Gasteiger partial charge in [-0.3, -0.25) is 4.90 Å². The second-order valence-electron chi connectivity index (χ2n) is 5.21. The molecule has 1 aromatic rings. The van der Waals surface area contributed by atoms with Gasteiger partial charge in [0.15, 0.2) is 0 Å². The van der Waals surface area contributed by atoms with Crippen molar-refractivity contribution in [1.29, 1.82) is 0 Å². The minimum Gasteiger partial charge on any atom is -0.473 e. The number of hydrogen-bond donors (Lipinski definition) is 1. The number of aromatic nitrogens is 1. The number of ether oxygens (including phenoxy) is 1. The highest BCUT2D eigenvalue weighted by molar-refractivity contribution is 5.20.